The molecular formula is C12H16N2O4. The van der Waals surface area contributed by atoms with E-state index < -0.39 is 0 Å². The molecule has 98 valence electrons. The molecule has 1 aliphatic rings. The maximum atomic E-state index is 11.1. The molecule has 1 fully saturated rings. The van der Waals surface area contributed by atoms with Gasteiger partial charge in [0.05, 0.1) is 24.2 Å². The van der Waals surface area contributed by atoms with Gasteiger partial charge in [-0.2, -0.15) is 0 Å². The summed E-state index contributed by atoms with van der Waals surface area (Å²) in [5, 5.41) is 20.2. The molecule has 0 bridgehead atoms. The zero-order valence-corrected chi connectivity index (χ0v) is 10.2. The number of anilines is 1. The van der Waals surface area contributed by atoms with Gasteiger partial charge in [0.25, 0.3) is 5.69 Å². The summed E-state index contributed by atoms with van der Waals surface area (Å²) in [7, 11) is 0. The Morgan fingerprint density at radius 3 is 3.06 bits per heavy atom. The smallest absolute Gasteiger partial charge is 0.295 e. The zero-order valence-electron chi connectivity index (χ0n) is 10.2. The van der Waals surface area contributed by atoms with Crippen LogP contribution < -0.4 is 4.90 Å². The van der Waals surface area contributed by atoms with Crippen molar-refractivity contribution in [1.29, 1.82) is 0 Å². The maximum Gasteiger partial charge on any atom is 0.295 e. The number of para-hydroxylation sites is 1. The number of rotatable bonds is 3. The SMILES string of the molecule is Cc1cccc(N2CCOC(CO)C2)c1[N+](=O)[O-]. The summed E-state index contributed by atoms with van der Waals surface area (Å²) in [6, 6.07) is 5.28. The number of benzene rings is 1. The number of morpholine rings is 1. The second-order valence-corrected chi connectivity index (χ2v) is 4.32. The van der Waals surface area contributed by atoms with E-state index >= 15 is 0 Å². The van der Waals surface area contributed by atoms with Gasteiger partial charge in [0.1, 0.15) is 5.69 Å². The molecule has 6 heteroatoms. The lowest BCUT2D eigenvalue weighted by Crippen LogP contribution is -2.44. The van der Waals surface area contributed by atoms with E-state index in [1.807, 2.05) is 4.90 Å². The van der Waals surface area contributed by atoms with Crippen molar-refractivity contribution in [2.45, 2.75) is 13.0 Å². The van der Waals surface area contributed by atoms with Gasteiger partial charge in [-0.3, -0.25) is 10.1 Å². The molecule has 1 saturated heterocycles. The molecule has 1 aromatic rings. The van der Waals surface area contributed by atoms with E-state index in [2.05, 4.69) is 0 Å². The molecule has 1 aromatic carbocycles. The van der Waals surface area contributed by atoms with E-state index in [0.29, 0.717) is 30.9 Å². The van der Waals surface area contributed by atoms with Crippen LogP contribution in [0.5, 0.6) is 0 Å². The number of nitro groups is 1. The van der Waals surface area contributed by atoms with E-state index in [1.54, 1.807) is 25.1 Å². The van der Waals surface area contributed by atoms with Crippen LogP contribution in [0.2, 0.25) is 0 Å². The van der Waals surface area contributed by atoms with Crippen LogP contribution in [0.1, 0.15) is 5.56 Å². The summed E-state index contributed by atoms with van der Waals surface area (Å²) in [5.74, 6) is 0. The number of aliphatic hydroxyl groups excluding tert-OH is 1. The number of aliphatic hydroxyl groups is 1. The molecule has 1 N–H and O–H groups in total. The average Bonchev–Trinajstić information content (AvgIpc) is 2.38. The predicted molar refractivity (Wildman–Crippen MR) is 66.9 cm³/mol. The Bertz CT molecular complexity index is 450. The fraction of sp³-hybridized carbons (Fsp3) is 0.500. The number of hydrogen-bond acceptors (Lipinski definition) is 5. The highest BCUT2D eigenvalue weighted by Gasteiger charge is 2.26. The molecule has 1 aliphatic heterocycles. The molecule has 1 unspecified atom stereocenters. The monoisotopic (exact) mass is 252 g/mol. The molecule has 0 aromatic heterocycles. The molecule has 0 amide bonds. The minimum absolute atomic E-state index is 0.0733. The van der Waals surface area contributed by atoms with Crippen molar-refractivity contribution in [3.63, 3.8) is 0 Å². The fourth-order valence-corrected chi connectivity index (χ4v) is 2.18. The van der Waals surface area contributed by atoms with Crippen molar-refractivity contribution in [3.8, 4) is 0 Å². The summed E-state index contributed by atoms with van der Waals surface area (Å²) in [5.41, 5.74) is 1.38. The largest absolute Gasteiger partial charge is 0.394 e. The third kappa shape index (κ3) is 2.44. The highest BCUT2D eigenvalue weighted by atomic mass is 16.6. The number of aryl methyl sites for hydroxylation is 1. The molecule has 18 heavy (non-hydrogen) atoms. The Labute approximate surface area is 105 Å². The lowest BCUT2D eigenvalue weighted by atomic mass is 10.1. The Kier molecular flexibility index (Phi) is 3.78. The van der Waals surface area contributed by atoms with Crippen molar-refractivity contribution in [2.24, 2.45) is 0 Å². The first-order chi connectivity index (χ1) is 8.63. The number of nitrogens with zero attached hydrogens (tertiary/aromatic N) is 2. The summed E-state index contributed by atoms with van der Waals surface area (Å²) in [4.78, 5) is 12.7. The van der Waals surface area contributed by atoms with E-state index in [0.717, 1.165) is 0 Å². The van der Waals surface area contributed by atoms with Crippen LogP contribution in [0.15, 0.2) is 18.2 Å². The van der Waals surface area contributed by atoms with Crippen LogP contribution in [0.4, 0.5) is 11.4 Å². The first kappa shape index (κ1) is 12.8. The third-order valence-electron chi connectivity index (χ3n) is 3.08. The van der Waals surface area contributed by atoms with E-state index in [-0.39, 0.29) is 23.3 Å². The second-order valence-electron chi connectivity index (χ2n) is 4.32. The summed E-state index contributed by atoms with van der Waals surface area (Å²) in [6.45, 7) is 3.19. The van der Waals surface area contributed by atoms with Gasteiger partial charge in [-0.05, 0) is 13.0 Å². The van der Waals surface area contributed by atoms with Gasteiger partial charge in [-0.15, -0.1) is 0 Å². The van der Waals surface area contributed by atoms with E-state index in [1.165, 1.54) is 0 Å². The fourth-order valence-electron chi connectivity index (χ4n) is 2.18. The minimum atomic E-state index is -0.353. The molecule has 0 spiro atoms. The highest BCUT2D eigenvalue weighted by molar-refractivity contribution is 5.66. The molecule has 2 rings (SSSR count). The maximum absolute atomic E-state index is 11.1. The molecular weight excluding hydrogens is 236 g/mol. The van der Waals surface area contributed by atoms with Gasteiger partial charge in [-0.25, -0.2) is 0 Å². The number of ether oxygens (including phenoxy) is 1. The summed E-state index contributed by atoms with van der Waals surface area (Å²) < 4.78 is 5.35. The zero-order chi connectivity index (χ0) is 13.1. The Morgan fingerprint density at radius 2 is 2.39 bits per heavy atom. The first-order valence-electron chi connectivity index (χ1n) is 5.85. The third-order valence-corrected chi connectivity index (χ3v) is 3.08. The normalized spacial score (nSPS) is 19.9. The van der Waals surface area contributed by atoms with Crippen molar-refractivity contribution >= 4 is 11.4 Å². The molecule has 6 nitrogen and oxygen atoms in total. The predicted octanol–water partition coefficient (Wildman–Crippen LogP) is 1.10. The van der Waals surface area contributed by atoms with Gasteiger partial charge in [0, 0.05) is 18.7 Å². The van der Waals surface area contributed by atoms with Crippen LogP contribution in [-0.4, -0.2) is 42.4 Å². The molecule has 1 heterocycles. The van der Waals surface area contributed by atoms with Crippen LogP contribution in [-0.2, 0) is 4.74 Å². The second kappa shape index (κ2) is 5.32. The van der Waals surface area contributed by atoms with Gasteiger partial charge in [0.15, 0.2) is 0 Å². The highest BCUT2D eigenvalue weighted by Crippen LogP contribution is 2.32. The lowest BCUT2D eigenvalue weighted by molar-refractivity contribution is -0.384. The van der Waals surface area contributed by atoms with Crippen molar-refractivity contribution in [3.05, 3.63) is 33.9 Å². The van der Waals surface area contributed by atoms with Crippen LogP contribution in [0.25, 0.3) is 0 Å². The molecule has 0 aliphatic carbocycles. The van der Waals surface area contributed by atoms with Gasteiger partial charge >= 0.3 is 0 Å². The van der Waals surface area contributed by atoms with E-state index in [4.69, 9.17) is 9.84 Å². The molecule has 1 atom stereocenters. The number of nitro benzene ring substituents is 1. The topological polar surface area (TPSA) is 75.8 Å². The standard InChI is InChI=1S/C12H16N2O4/c1-9-3-2-4-11(12(9)14(16)17)13-5-6-18-10(7-13)8-15/h2-4,10,15H,5-8H2,1H3. The van der Waals surface area contributed by atoms with Gasteiger partial charge < -0.3 is 14.7 Å². The van der Waals surface area contributed by atoms with Crippen molar-refractivity contribution in [2.75, 3.05) is 31.2 Å². The Hall–Kier alpha value is -1.66. The number of hydrogen-bond donors (Lipinski definition) is 1. The minimum Gasteiger partial charge on any atom is -0.394 e. The first-order valence-corrected chi connectivity index (χ1v) is 5.85. The van der Waals surface area contributed by atoms with Crippen LogP contribution in [0, 0.1) is 17.0 Å². The van der Waals surface area contributed by atoms with Crippen molar-refractivity contribution < 1.29 is 14.8 Å². The van der Waals surface area contributed by atoms with Crippen molar-refractivity contribution in [1.82, 2.24) is 0 Å². The van der Waals surface area contributed by atoms with Crippen LogP contribution >= 0.6 is 0 Å². The summed E-state index contributed by atoms with van der Waals surface area (Å²) >= 11 is 0. The Morgan fingerprint density at radius 1 is 1.61 bits per heavy atom. The van der Waals surface area contributed by atoms with Gasteiger partial charge in [0.2, 0.25) is 0 Å². The van der Waals surface area contributed by atoms with Gasteiger partial charge in [-0.1, -0.05) is 12.1 Å². The lowest BCUT2D eigenvalue weighted by Gasteiger charge is -2.33. The van der Waals surface area contributed by atoms with Crippen LogP contribution in [0.3, 0.4) is 0 Å². The molecule has 0 saturated carbocycles. The molecule has 0 radical (unpaired) electrons. The summed E-state index contributed by atoms with van der Waals surface area (Å²) in [6.07, 6.45) is -0.279. The average molecular weight is 252 g/mol. The quantitative estimate of drug-likeness (QED) is 0.644. The Balaban J connectivity index is 2.32. The van der Waals surface area contributed by atoms with E-state index in [9.17, 15) is 10.1 Å².